The molecule has 1 aliphatic rings. The molecule has 0 atom stereocenters. The van der Waals surface area contributed by atoms with Gasteiger partial charge in [-0.3, -0.25) is 0 Å². The normalized spacial score (nSPS) is 16.8. The number of aryl methyl sites for hydroxylation is 1. The second kappa shape index (κ2) is 6.19. The van der Waals surface area contributed by atoms with Crippen molar-refractivity contribution in [2.24, 2.45) is 5.73 Å². The van der Waals surface area contributed by atoms with Gasteiger partial charge in [-0.1, -0.05) is 0 Å². The molecule has 0 aromatic carbocycles. The number of ether oxygens (including phenoxy) is 1. The predicted octanol–water partition coefficient (Wildman–Crippen LogP) is 1.66. The SMILES string of the molecule is Cc1cc(COCCN2CCCC2)oc1CN. The van der Waals surface area contributed by atoms with Crippen LogP contribution in [0.4, 0.5) is 0 Å². The molecule has 17 heavy (non-hydrogen) atoms. The lowest BCUT2D eigenvalue weighted by molar-refractivity contribution is 0.0868. The van der Waals surface area contributed by atoms with Gasteiger partial charge in [0.25, 0.3) is 0 Å². The summed E-state index contributed by atoms with van der Waals surface area (Å²) in [5.74, 6) is 1.74. The Morgan fingerprint density at radius 2 is 2.18 bits per heavy atom. The summed E-state index contributed by atoms with van der Waals surface area (Å²) in [4.78, 5) is 2.44. The van der Waals surface area contributed by atoms with E-state index in [0.717, 1.165) is 30.2 Å². The van der Waals surface area contributed by atoms with Crippen LogP contribution in [0.3, 0.4) is 0 Å². The summed E-state index contributed by atoms with van der Waals surface area (Å²) < 4.78 is 11.2. The van der Waals surface area contributed by atoms with Gasteiger partial charge in [0.2, 0.25) is 0 Å². The average Bonchev–Trinajstić information content (AvgIpc) is 2.94. The molecule has 1 aliphatic heterocycles. The first-order valence-corrected chi connectivity index (χ1v) is 6.38. The lowest BCUT2D eigenvalue weighted by Crippen LogP contribution is -2.23. The first-order valence-electron chi connectivity index (χ1n) is 6.38. The van der Waals surface area contributed by atoms with Crippen molar-refractivity contribution < 1.29 is 9.15 Å². The van der Waals surface area contributed by atoms with Gasteiger partial charge in [-0.2, -0.15) is 0 Å². The number of rotatable bonds is 6. The van der Waals surface area contributed by atoms with Gasteiger partial charge in [0, 0.05) is 6.54 Å². The Labute approximate surface area is 103 Å². The van der Waals surface area contributed by atoms with Gasteiger partial charge in [0.1, 0.15) is 18.1 Å². The van der Waals surface area contributed by atoms with Gasteiger partial charge in [0.05, 0.1) is 13.2 Å². The zero-order valence-electron chi connectivity index (χ0n) is 10.6. The highest BCUT2D eigenvalue weighted by Crippen LogP contribution is 2.14. The average molecular weight is 238 g/mol. The second-order valence-electron chi connectivity index (χ2n) is 4.62. The van der Waals surface area contributed by atoms with Crippen LogP contribution in [0.25, 0.3) is 0 Å². The summed E-state index contributed by atoms with van der Waals surface area (Å²) in [6.45, 7) is 7.27. The van der Waals surface area contributed by atoms with Crippen molar-refractivity contribution in [1.29, 1.82) is 0 Å². The summed E-state index contributed by atoms with van der Waals surface area (Å²) in [5.41, 5.74) is 6.68. The van der Waals surface area contributed by atoms with Crippen molar-refractivity contribution >= 4 is 0 Å². The summed E-state index contributed by atoms with van der Waals surface area (Å²) in [5, 5.41) is 0. The Balaban J connectivity index is 1.66. The van der Waals surface area contributed by atoms with Crippen molar-refractivity contribution in [2.45, 2.75) is 32.9 Å². The quantitative estimate of drug-likeness (QED) is 0.766. The second-order valence-corrected chi connectivity index (χ2v) is 4.62. The molecule has 1 saturated heterocycles. The Bertz CT molecular complexity index is 343. The third-order valence-corrected chi connectivity index (χ3v) is 3.25. The van der Waals surface area contributed by atoms with E-state index < -0.39 is 0 Å². The zero-order valence-corrected chi connectivity index (χ0v) is 10.6. The van der Waals surface area contributed by atoms with Crippen molar-refractivity contribution in [3.63, 3.8) is 0 Å². The molecular weight excluding hydrogens is 216 g/mol. The number of furan rings is 1. The van der Waals surface area contributed by atoms with E-state index in [2.05, 4.69) is 4.90 Å². The highest BCUT2D eigenvalue weighted by atomic mass is 16.5. The van der Waals surface area contributed by atoms with Crippen LogP contribution in [-0.2, 0) is 17.9 Å². The molecule has 0 amide bonds. The van der Waals surface area contributed by atoms with Crippen LogP contribution >= 0.6 is 0 Å². The van der Waals surface area contributed by atoms with Crippen LogP contribution in [0.15, 0.2) is 10.5 Å². The molecule has 2 heterocycles. The third-order valence-electron chi connectivity index (χ3n) is 3.25. The van der Waals surface area contributed by atoms with Crippen molar-refractivity contribution in [3.8, 4) is 0 Å². The molecule has 0 spiro atoms. The molecule has 0 unspecified atom stereocenters. The van der Waals surface area contributed by atoms with Crippen molar-refractivity contribution in [1.82, 2.24) is 4.90 Å². The van der Waals surface area contributed by atoms with E-state index >= 15 is 0 Å². The van der Waals surface area contributed by atoms with E-state index in [4.69, 9.17) is 14.9 Å². The van der Waals surface area contributed by atoms with Crippen molar-refractivity contribution in [3.05, 3.63) is 23.2 Å². The Hall–Kier alpha value is -0.840. The summed E-state index contributed by atoms with van der Waals surface area (Å²) in [6.07, 6.45) is 2.66. The summed E-state index contributed by atoms with van der Waals surface area (Å²) >= 11 is 0. The fourth-order valence-corrected chi connectivity index (χ4v) is 2.24. The Kier molecular flexibility index (Phi) is 4.59. The molecule has 96 valence electrons. The van der Waals surface area contributed by atoms with Crippen LogP contribution in [0.5, 0.6) is 0 Å². The monoisotopic (exact) mass is 238 g/mol. The number of likely N-dealkylation sites (tertiary alicyclic amines) is 1. The highest BCUT2D eigenvalue weighted by molar-refractivity contribution is 5.19. The van der Waals surface area contributed by atoms with Gasteiger partial charge in [-0.25, -0.2) is 0 Å². The number of hydrogen-bond donors (Lipinski definition) is 1. The lowest BCUT2D eigenvalue weighted by Gasteiger charge is -2.13. The molecule has 1 aromatic rings. The fourth-order valence-electron chi connectivity index (χ4n) is 2.24. The van der Waals surface area contributed by atoms with Crippen LogP contribution < -0.4 is 5.73 Å². The largest absolute Gasteiger partial charge is 0.462 e. The lowest BCUT2D eigenvalue weighted by atomic mass is 10.3. The van der Waals surface area contributed by atoms with E-state index in [-0.39, 0.29) is 0 Å². The first-order chi connectivity index (χ1) is 8.29. The van der Waals surface area contributed by atoms with E-state index in [1.54, 1.807) is 0 Å². The van der Waals surface area contributed by atoms with Crippen LogP contribution in [0.1, 0.15) is 29.9 Å². The maximum absolute atomic E-state index is 5.62. The minimum Gasteiger partial charge on any atom is -0.462 e. The molecule has 0 bridgehead atoms. The fraction of sp³-hybridized carbons (Fsp3) is 0.692. The molecular formula is C13H22N2O2. The Morgan fingerprint density at radius 1 is 1.41 bits per heavy atom. The first kappa shape index (κ1) is 12.6. The smallest absolute Gasteiger partial charge is 0.130 e. The molecule has 1 fully saturated rings. The number of hydrogen-bond acceptors (Lipinski definition) is 4. The van der Waals surface area contributed by atoms with Gasteiger partial charge in [-0.15, -0.1) is 0 Å². The van der Waals surface area contributed by atoms with E-state index in [1.807, 2.05) is 13.0 Å². The molecule has 0 radical (unpaired) electrons. The molecule has 2 rings (SSSR count). The highest BCUT2D eigenvalue weighted by Gasteiger charge is 2.11. The minimum atomic E-state index is 0.458. The van der Waals surface area contributed by atoms with E-state index in [0.29, 0.717) is 13.2 Å². The molecule has 2 N–H and O–H groups in total. The van der Waals surface area contributed by atoms with Gasteiger partial charge < -0.3 is 19.8 Å². The molecule has 0 aliphatic carbocycles. The molecule has 4 nitrogen and oxygen atoms in total. The standard InChI is InChI=1S/C13H22N2O2/c1-11-8-12(17-13(11)9-14)10-16-7-6-15-4-2-3-5-15/h8H,2-7,9-10,14H2,1H3. The zero-order chi connectivity index (χ0) is 12.1. The van der Waals surface area contributed by atoms with Crippen LogP contribution in [0.2, 0.25) is 0 Å². The predicted molar refractivity (Wildman–Crippen MR) is 66.7 cm³/mol. The maximum atomic E-state index is 5.62. The number of nitrogens with zero attached hydrogens (tertiary/aromatic N) is 1. The molecule has 4 heteroatoms. The van der Waals surface area contributed by atoms with Crippen molar-refractivity contribution in [2.75, 3.05) is 26.2 Å². The van der Waals surface area contributed by atoms with E-state index in [1.165, 1.54) is 25.9 Å². The van der Waals surface area contributed by atoms with Gasteiger partial charge >= 0.3 is 0 Å². The van der Waals surface area contributed by atoms with Gasteiger partial charge in [0.15, 0.2) is 0 Å². The topological polar surface area (TPSA) is 51.6 Å². The van der Waals surface area contributed by atoms with Crippen LogP contribution in [0, 0.1) is 6.92 Å². The maximum Gasteiger partial charge on any atom is 0.130 e. The van der Waals surface area contributed by atoms with Crippen LogP contribution in [-0.4, -0.2) is 31.1 Å². The minimum absolute atomic E-state index is 0.458. The van der Waals surface area contributed by atoms with Gasteiger partial charge in [-0.05, 0) is 44.5 Å². The third kappa shape index (κ3) is 3.56. The molecule has 1 aromatic heterocycles. The summed E-state index contributed by atoms with van der Waals surface area (Å²) in [6, 6.07) is 2.01. The summed E-state index contributed by atoms with van der Waals surface area (Å²) in [7, 11) is 0. The number of nitrogens with two attached hydrogens (primary N) is 1. The Morgan fingerprint density at radius 3 is 2.82 bits per heavy atom. The van der Waals surface area contributed by atoms with E-state index in [9.17, 15) is 0 Å². The molecule has 0 saturated carbocycles.